The summed E-state index contributed by atoms with van der Waals surface area (Å²) in [6.45, 7) is 9.72. The molecule has 1 aromatic rings. The van der Waals surface area contributed by atoms with Crippen molar-refractivity contribution in [3.05, 3.63) is 10.0 Å². The van der Waals surface area contributed by atoms with E-state index in [1.165, 1.54) is 12.8 Å². The Morgan fingerprint density at radius 3 is 2.60 bits per heavy atom. The predicted molar refractivity (Wildman–Crippen MR) is 65.1 cm³/mol. The van der Waals surface area contributed by atoms with Crippen molar-refractivity contribution in [1.29, 1.82) is 0 Å². The van der Waals surface area contributed by atoms with Gasteiger partial charge in [0.25, 0.3) is 0 Å². The van der Waals surface area contributed by atoms with E-state index < -0.39 is 0 Å². The molecule has 0 aliphatic rings. The van der Waals surface area contributed by atoms with Crippen LogP contribution in [-0.4, -0.2) is 16.7 Å². The van der Waals surface area contributed by atoms with Gasteiger partial charge in [-0.05, 0) is 32.7 Å². The van der Waals surface area contributed by atoms with E-state index in [9.17, 15) is 0 Å². The quantitative estimate of drug-likeness (QED) is 0.812. The summed E-state index contributed by atoms with van der Waals surface area (Å²) in [5.74, 6) is 0.742. The van der Waals surface area contributed by atoms with Crippen LogP contribution in [-0.2, 0) is 0 Å². The minimum absolute atomic E-state index is 0.329. The zero-order valence-electron chi connectivity index (χ0n) is 10.1. The van der Waals surface area contributed by atoms with Crippen LogP contribution in [0.15, 0.2) is 0 Å². The molecule has 0 radical (unpaired) electrons. The first-order chi connectivity index (χ1) is 7.13. The van der Waals surface area contributed by atoms with Crippen LogP contribution in [0.1, 0.15) is 49.7 Å². The molecule has 0 aromatic carbocycles. The van der Waals surface area contributed by atoms with E-state index in [2.05, 4.69) is 36.3 Å². The summed E-state index contributed by atoms with van der Waals surface area (Å²) in [7, 11) is 0. The van der Waals surface area contributed by atoms with Gasteiger partial charge < -0.3 is 5.32 Å². The molecule has 0 amide bonds. The lowest BCUT2D eigenvalue weighted by molar-refractivity contribution is 0.442. The number of aryl methyl sites for hydroxylation is 1. The van der Waals surface area contributed by atoms with Gasteiger partial charge in [0, 0.05) is 0 Å². The van der Waals surface area contributed by atoms with Gasteiger partial charge in [-0.2, -0.15) is 0 Å². The summed E-state index contributed by atoms with van der Waals surface area (Å²) < 4.78 is 0. The highest BCUT2D eigenvalue weighted by Crippen LogP contribution is 2.17. The molecule has 86 valence electrons. The maximum absolute atomic E-state index is 4.15. The van der Waals surface area contributed by atoms with Crippen molar-refractivity contribution in [1.82, 2.24) is 15.5 Å². The van der Waals surface area contributed by atoms with Gasteiger partial charge in [0.2, 0.25) is 0 Å². The molecule has 0 spiro atoms. The minimum Gasteiger partial charge on any atom is -0.308 e. The first-order valence-corrected chi connectivity index (χ1v) is 6.48. The molecule has 0 saturated heterocycles. The van der Waals surface area contributed by atoms with E-state index in [-0.39, 0.29) is 0 Å². The molecule has 2 atom stereocenters. The Kier molecular flexibility index (Phi) is 5.19. The van der Waals surface area contributed by atoms with E-state index in [1.54, 1.807) is 11.3 Å². The molecular weight excluding hydrogens is 206 g/mol. The molecule has 1 aromatic heterocycles. The van der Waals surface area contributed by atoms with Crippen LogP contribution in [0, 0.1) is 12.8 Å². The highest BCUT2D eigenvalue weighted by Gasteiger charge is 2.10. The van der Waals surface area contributed by atoms with Crippen LogP contribution in [0.3, 0.4) is 0 Å². The molecule has 2 unspecified atom stereocenters. The average molecular weight is 227 g/mol. The van der Waals surface area contributed by atoms with Crippen LogP contribution >= 0.6 is 11.3 Å². The lowest BCUT2D eigenvalue weighted by atomic mass is 10.1. The lowest BCUT2D eigenvalue weighted by Gasteiger charge is -2.15. The van der Waals surface area contributed by atoms with Gasteiger partial charge in [-0.3, -0.25) is 0 Å². The fourth-order valence-electron chi connectivity index (χ4n) is 1.55. The van der Waals surface area contributed by atoms with E-state index in [0.29, 0.717) is 6.04 Å². The van der Waals surface area contributed by atoms with Crippen molar-refractivity contribution < 1.29 is 0 Å². The fraction of sp³-hybridized carbons (Fsp3) is 0.818. The monoisotopic (exact) mass is 227 g/mol. The highest BCUT2D eigenvalue weighted by molar-refractivity contribution is 7.11. The molecule has 0 aliphatic carbocycles. The Bertz CT molecular complexity index is 285. The summed E-state index contributed by atoms with van der Waals surface area (Å²) in [6, 6.07) is 0.329. The predicted octanol–water partition coefficient (Wildman–Crippen LogP) is 2.93. The maximum Gasteiger partial charge on any atom is 0.134 e. The molecule has 15 heavy (non-hydrogen) atoms. The van der Waals surface area contributed by atoms with Crippen molar-refractivity contribution in [3.8, 4) is 0 Å². The number of aromatic nitrogens is 2. The minimum atomic E-state index is 0.329. The van der Waals surface area contributed by atoms with Crippen molar-refractivity contribution in [2.24, 2.45) is 5.92 Å². The summed E-state index contributed by atoms with van der Waals surface area (Å²) in [5, 5.41) is 13.8. The van der Waals surface area contributed by atoms with Crippen molar-refractivity contribution in [2.45, 2.75) is 46.6 Å². The smallest absolute Gasteiger partial charge is 0.134 e. The number of nitrogens with zero attached hydrogens (tertiary/aromatic N) is 2. The van der Waals surface area contributed by atoms with Gasteiger partial charge in [0.05, 0.1) is 6.04 Å². The number of rotatable bonds is 6. The molecule has 1 N–H and O–H groups in total. The third kappa shape index (κ3) is 4.26. The van der Waals surface area contributed by atoms with Crippen LogP contribution < -0.4 is 5.32 Å². The zero-order valence-corrected chi connectivity index (χ0v) is 10.9. The van der Waals surface area contributed by atoms with Crippen molar-refractivity contribution in [2.75, 3.05) is 6.54 Å². The highest BCUT2D eigenvalue weighted by atomic mass is 32.1. The Morgan fingerprint density at radius 2 is 2.07 bits per heavy atom. The SMILES string of the molecule is CCCC(C)CNC(C)c1nnc(C)s1. The van der Waals surface area contributed by atoms with Crippen LogP contribution in [0.2, 0.25) is 0 Å². The molecule has 0 aliphatic heterocycles. The normalized spacial score (nSPS) is 15.2. The van der Waals surface area contributed by atoms with E-state index >= 15 is 0 Å². The summed E-state index contributed by atoms with van der Waals surface area (Å²) in [4.78, 5) is 0. The number of hydrogen-bond acceptors (Lipinski definition) is 4. The van der Waals surface area contributed by atoms with Gasteiger partial charge in [-0.15, -0.1) is 21.5 Å². The van der Waals surface area contributed by atoms with E-state index in [0.717, 1.165) is 22.5 Å². The van der Waals surface area contributed by atoms with Crippen LogP contribution in [0.5, 0.6) is 0 Å². The first kappa shape index (κ1) is 12.6. The second-order valence-electron chi connectivity index (χ2n) is 4.18. The third-order valence-corrected chi connectivity index (χ3v) is 3.49. The molecule has 0 saturated carbocycles. The molecule has 3 nitrogen and oxygen atoms in total. The Balaban J connectivity index is 2.33. The van der Waals surface area contributed by atoms with Crippen molar-refractivity contribution >= 4 is 11.3 Å². The topological polar surface area (TPSA) is 37.8 Å². The summed E-state index contributed by atoms with van der Waals surface area (Å²) in [6.07, 6.45) is 2.55. The summed E-state index contributed by atoms with van der Waals surface area (Å²) >= 11 is 1.68. The van der Waals surface area contributed by atoms with Crippen LogP contribution in [0.4, 0.5) is 0 Å². The van der Waals surface area contributed by atoms with Gasteiger partial charge in [-0.1, -0.05) is 20.3 Å². The lowest BCUT2D eigenvalue weighted by Crippen LogP contribution is -2.24. The Morgan fingerprint density at radius 1 is 1.33 bits per heavy atom. The molecule has 1 rings (SSSR count). The van der Waals surface area contributed by atoms with E-state index in [4.69, 9.17) is 0 Å². The Hall–Kier alpha value is -0.480. The van der Waals surface area contributed by atoms with Gasteiger partial charge in [0.1, 0.15) is 10.0 Å². The van der Waals surface area contributed by atoms with Crippen LogP contribution in [0.25, 0.3) is 0 Å². The Labute approximate surface area is 96.3 Å². The molecular formula is C11H21N3S. The van der Waals surface area contributed by atoms with E-state index in [1.807, 2.05) is 6.92 Å². The van der Waals surface area contributed by atoms with Crippen molar-refractivity contribution in [3.63, 3.8) is 0 Å². The first-order valence-electron chi connectivity index (χ1n) is 5.66. The fourth-order valence-corrected chi connectivity index (χ4v) is 2.27. The number of hydrogen-bond donors (Lipinski definition) is 1. The maximum atomic E-state index is 4.15. The molecule has 4 heteroatoms. The second kappa shape index (κ2) is 6.18. The molecule has 0 fully saturated rings. The number of nitrogens with one attached hydrogen (secondary N) is 1. The van der Waals surface area contributed by atoms with Gasteiger partial charge in [0.15, 0.2) is 0 Å². The van der Waals surface area contributed by atoms with Gasteiger partial charge in [-0.25, -0.2) is 0 Å². The average Bonchev–Trinajstić information content (AvgIpc) is 2.62. The molecule has 0 bridgehead atoms. The molecule has 1 heterocycles. The standard InChI is InChI=1S/C11H21N3S/c1-5-6-8(2)7-12-9(3)11-14-13-10(4)15-11/h8-9,12H,5-7H2,1-4H3. The third-order valence-electron chi connectivity index (χ3n) is 2.47. The summed E-state index contributed by atoms with van der Waals surface area (Å²) in [5.41, 5.74) is 0. The second-order valence-corrected chi connectivity index (χ2v) is 5.40. The largest absolute Gasteiger partial charge is 0.308 e. The van der Waals surface area contributed by atoms with Gasteiger partial charge >= 0.3 is 0 Å². The zero-order chi connectivity index (χ0) is 11.3.